The van der Waals surface area contributed by atoms with E-state index in [0.29, 0.717) is 43.9 Å². The second-order valence-corrected chi connectivity index (χ2v) is 7.39. The fraction of sp³-hybridized carbons (Fsp3) is 0.450. The monoisotopic (exact) mass is 384 g/mol. The minimum Gasteiger partial charge on any atom is -0.484 e. The van der Waals surface area contributed by atoms with Gasteiger partial charge in [0.15, 0.2) is 12.3 Å². The fourth-order valence-electron chi connectivity index (χ4n) is 4.61. The molecule has 5 rings (SSSR count). The Morgan fingerprint density at radius 3 is 2.96 bits per heavy atom. The zero-order valence-corrected chi connectivity index (χ0v) is 15.3. The molecule has 0 radical (unpaired) electrons. The van der Waals surface area contributed by atoms with Gasteiger partial charge in [-0.05, 0) is 24.6 Å². The van der Waals surface area contributed by atoms with E-state index in [-0.39, 0.29) is 24.5 Å². The molecule has 0 N–H and O–H groups in total. The molecule has 0 aliphatic carbocycles. The summed E-state index contributed by atoms with van der Waals surface area (Å²) in [7, 11) is 0. The predicted octanol–water partition coefficient (Wildman–Crippen LogP) is 1.12. The molecule has 0 saturated carbocycles. The molecule has 3 aliphatic heterocycles. The van der Waals surface area contributed by atoms with E-state index < -0.39 is 11.4 Å². The third-order valence-corrected chi connectivity index (χ3v) is 5.89. The number of rotatable bonds is 3. The van der Waals surface area contributed by atoms with E-state index in [9.17, 15) is 14.4 Å². The van der Waals surface area contributed by atoms with E-state index in [1.807, 2.05) is 0 Å². The highest BCUT2D eigenvalue weighted by Crippen LogP contribution is 2.44. The van der Waals surface area contributed by atoms with E-state index in [0.717, 1.165) is 11.8 Å². The maximum atomic E-state index is 12.8. The largest absolute Gasteiger partial charge is 0.484 e. The van der Waals surface area contributed by atoms with Crippen molar-refractivity contribution in [3.63, 3.8) is 0 Å². The Kier molecular flexibility index (Phi) is 3.90. The Labute approximate surface area is 160 Å². The average molecular weight is 384 g/mol. The number of benzene rings is 1. The molecule has 1 spiro atoms. The Morgan fingerprint density at radius 1 is 1.21 bits per heavy atom. The van der Waals surface area contributed by atoms with Gasteiger partial charge in [0.05, 0.1) is 19.1 Å². The third-order valence-electron chi connectivity index (χ3n) is 5.89. The van der Waals surface area contributed by atoms with Crippen molar-refractivity contribution in [2.24, 2.45) is 0 Å². The number of hydrogen-bond acceptors (Lipinski definition) is 6. The van der Waals surface area contributed by atoms with Gasteiger partial charge in [0, 0.05) is 37.0 Å². The van der Waals surface area contributed by atoms with E-state index in [4.69, 9.17) is 13.9 Å². The van der Waals surface area contributed by atoms with Crippen LogP contribution in [0.4, 0.5) is 0 Å². The number of amides is 2. The van der Waals surface area contributed by atoms with E-state index in [2.05, 4.69) is 0 Å². The van der Waals surface area contributed by atoms with Gasteiger partial charge in [-0.25, -0.2) is 4.79 Å². The first-order valence-electron chi connectivity index (χ1n) is 9.47. The zero-order valence-electron chi connectivity index (χ0n) is 15.3. The van der Waals surface area contributed by atoms with Crippen LogP contribution in [0.2, 0.25) is 0 Å². The number of hydrogen-bond donors (Lipinski definition) is 0. The third kappa shape index (κ3) is 2.59. The quantitative estimate of drug-likeness (QED) is 0.737. The molecule has 1 aromatic heterocycles. The van der Waals surface area contributed by atoms with Gasteiger partial charge in [-0.1, -0.05) is 0 Å². The number of nitrogens with zero attached hydrogens (tertiary/aromatic N) is 2. The second-order valence-electron chi connectivity index (χ2n) is 7.39. The van der Waals surface area contributed by atoms with E-state index in [1.165, 1.54) is 6.07 Å². The summed E-state index contributed by atoms with van der Waals surface area (Å²) in [6.07, 6.45) is 1.76. The highest BCUT2D eigenvalue weighted by atomic mass is 16.5. The summed E-state index contributed by atoms with van der Waals surface area (Å²) in [6.45, 7) is 1.70. The highest BCUT2D eigenvalue weighted by Gasteiger charge is 2.61. The second kappa shape index (κ2) is 6.34. The first kappa shape index (κ1) is 17.2. The summed E-state index contributed by atoms with van der Waals surface area (Å²) in [5.74, 6) is 0.315. The van der Waals surface area contributed by atoms with Gasteiger partial charge in [0.25, 0.3) is 5.91 Å². The average Bonchev–Trinajstić information content (AvgIpc) is 3.18. The van der Waals surface area contributed by atoms with Crippen molar-refractivity contribution in [1.82, 2.24) is 9.80 Å². The molecule has 2 atom stereocenters. The van der Waals surface area contributed by atoms with Crippen LogP contribution in [0.5, 0.6) is 5.75 Å². The van der Waals surface area contributed by atoms with Crippen molar-refractivity contribution in [3.05, 3.63) is 40.8 Å². The van der Waals surface area contributed by atoms with Crippen LogP contribution in [0.15, 0.2) is 39.5 Å². The lowest BCUT2D eigenvalue weighted by atomic mass is 10.0. The zero-order chi connectivity index (χ0) is 19.3. The standard InChI is InChI=1S/C20H20N2O6/c23-17-11-16-20(22(17)7-1-9-27-20)6-8-21(16)18(24)12-26-14-4-2-13-3-5-19(25)28-15(13)10-14/h2-5,10,16H,1,6-9,11-12H2/t16-,20+/m1/s1. The SMILES string of the molecule is O=C(COc1ccc2ccc(=O)oc2c1)N1CC[C@@]23OCCCN2C(=O)C[C@@H]13. The van der Waals surface area contributed by atoms with Gasteiger partial charge in [-0.15, -0.1) is 0 Å². The summed E-state index contributed by atoms with van der Waals surface area (Å²) in [4.78, 5) is 40.0. The van der Waals surface area contributed by atoms with Gasteiger partial charge in [0.2, 0.25) is 5.91 Å². The first-order valence-corrected chi connectivity index (χ1v) is 9.47. The molecule has 2 amide bonds. The van der Waals surface area contributed by atoms with Crippen LogP contribution in [0.1, 0.15) is 19.3 Å². The van der Waals surface area contributed by atoms with Crippen LogP contribution in [-0.4, -0.2) is 59.7 Å². The molecule has 4 heterocycles. The van der Waals surface area contributed by atoms with Crippen molar-refractivity contribution >= 4 is 22.8 Å². The lowest BCUT2D eigenvalue weighted by Crippen LogP contribution is -2.56. The summed E-state index contributed by atoms with van der Waals surface area (Å²) < 4.78 is 16.8. The van der Waals surface area contributed by atoms with Crippen molar-refractivity contribution in [2.45, 2.75) is 31.0 Å². The molecular formula is C20H20N2O6. The summed E-state index contributed by atoms with van der Waals surface area (Å²) in [6, 6.07) is 7.87. The van der Waals surface area contributed by atoms with Crippen molar-refractivity contribution in [2.75, 3.05) is 26.3 Å². The van der Waals surface area contributed by atoms with Crippen molar-refractivity contribution in [3.8, 4) is 5.75 Å². The normalized spacial score (nSPS) is 26.4. The smallest absolute Gasteiger partial charge is 0.336 e. The Hall–Kier alpha value is -2.87. The summed E-state index contributed by atoms with van der Waals surface area (Å²) >= 11 is 0. The van der Waals surface area contributed by atoms with Crippen LogP contribution in [0.3, 0.4) is 0 Å². The molecule has 8 nitrogen and oxygen atoms in total. The molecule has 1 aromatic carbocycles. The van der Waals surface area contributed by atoms with Crippen LogP contribution >= 0.6 is 0 Å². The molecule has 8 heteroatoms. The van der Waals surface area contributed by atoms with Gasteiger partial charge >= 0.3 is 5.63 Å². The topological polar surface area (TPSA) is 89.3 Å². The molecule has 3 saturated heterocycles. The minimum atomic E-state index is -0.655. The number of ether oxygens (including phenoxy) is 2. The first-order chi connectivity index (χ1) is 13.6. The van der Waals surface area contributed by atoms with Crippen molar-refractivity contribution in [1.29, 1.82) is 0 Å². The Bertz CT molecular complexity index is 1020. The highest BCUT2D eigenvalue weighted by molar-refractivity contribution is 5.85. The Balaban J connectivity index is 1.30. The molecule has 0 bridgehead atoms. The molecule has 146 valence electrons. The molecular weight excluding hydrogens is 364 g/mol. The van der Waals surface area contributed by atoms with Crippen molar-refractivity contribution < 1.29 is 23.5 Å². The Morgan fingerprint density at radius 2 is 2.07 bits per heavy atom. The lowest BCUT2D eigenvalue weighted by Gasteiger charge is -2.42. The van der Waals surface area contributed by atoms with Crippen LogP contribution < -0.4 is 10.4 Å². The van der Waals surface area contributed by atoms with E-state index in [1.54, 1.807) is 34.1 Å². The van der Waals surface area contributed by atoms with Gasteiger partial charge < -0.3 is 23.7 Å². The summed E-state index contributed by atoms with van der Waals surface area (Å²) in [5.41, 5.74) is -0.687. The lowest BCUT2D eigenvalue weighted by molar-refractivity contribution is -0.182. The maximum Gasteiger partial charge on any atom is 0.336 e. The van der Waals surface area contributed by atoms with Gasteiger partial charge in [-0.3, -0.25) is 9.59 Å². The van der Waals surface area contributed by atoms with Gasteiger partial charge in [0.1, 0.15) is 11.3 Å². The number of likely N-dealkylation sites (tertiary alicyclic amines) is 1. The van der Waals surface area contributed by atoms with E-state index >= 15 is 0 Å². The fourth-order valence-corrected chi connectivity index (χ4v) is 4.61. The van der Waals surface area contributed by atoms with Crippen LogP contribution in [-0.2, 0) is 14.3 Å². The molecule has 2 aromatic rings. The number of carbonyl (C=O) groups excluding carboxylic acids is 2. The molecule has 0 unspecified atom stereocenters. The van der Waals surface area contributed by atoms with Gasteiger partial charge in [-0.2, -0.15) is 0 Å². The molecule has 3 fully saturated rings. The number of fused-ring (bicyclic) bond motifs is 1. The minimum absolute atomic E-state index is 0.0488. The predicted molar refractivity (Wildman–Crippen MR) is 97.7 cm³/mol. The molecule has 3 aliphatic rings. The number of carbonyl (C=O) groups is 2. The molecule has 28 heavy (non-hydrogen) atoms. The maximum absolute atomic E-state index is 12.8. The summed E-state index contributed by atoms with van der Waals surface area (Å²) in [5, 5.41) is 0.777. The van der Waals surface area contributed by atoms with Crippen LogP contribution in [0, 0.1) is 0 Å². The van der Waals surface area contributed by atoms with Crippen LogP contribution in [0.25, 0.3) is 11.0 Å².